The van der Waals surface area contributed by atoms with Gasteiger partial charge in [-0.2, -0.15) is 0 Å². The van der Waals surface area contributed by atoms with E-state index in [0.717, 1.165) is 22.4 Å². The molecular weight excluding hydrogens is 290 g/mol. The molecule has 2 aromatic carbocycles. The summed E-state index contributed by atoms with van der Waals surface area (Å²) in [5.41, 5.74) is 3.32. The zero-order valence-electron chi connectivity index (χ0n) is 13.0. The van der Waals surface area contributed by atoms with Crippen LogP contribution < -0.4 is 15.0 Å². The summed E-state index contributed by atoms with van der Waals surface area (Å²) in [5, 5.41) is 0. The maximum Gasteiger partial charge on any atom is 0.249 e. The smallest absolute Gasteiger partial charge is 0.249 e. The van der Waals surface area contributed by atoms with Crippen molar-refractivity contribution in [3.63, 3.8) is 0 Å². The highest BCUT2D eigenvalue weighted by Crippen LogP contribution is 2.32. The normalized spacial score (nSPS) is 10.3. The van der Waals surface area contributed by atoms with Crippen LogP contribution in [0.5, 0.6) is 11.5 Å². The Morgan fingerprint density at radius 1 is 0.739 bits per heavy atom. The summed E-state index contributed by atoms with van der Waals surface area (Å²) in [7, 11) is 3.19. The fourth-order valence-corrected chi connectivity index (χ4v) is 2.50. The Labute approximate surface area is 134 Å². The summed E-state index contributed by atoms with van der Waals surface area (Å²) < 4.78 is 10.6. The minimum atomic E-state index is -0.142. The Balaban J connectivity index is 2.10. The number of aromatic nitrogens is 1. The van der Waals surface area contributed by atoms with E-state index in [-0.39, 0.29) is 5.56 Å². The lowest BCUT2D eigenvalue weighted by molar-refractivity contribution is 0.355. The van der Waals surface area contributed by atoms with E-state index in [1.54, 1.807) is 20.3 Å². The largest absolute Gasteiger partial charge is 0.493 e. The highest BCUT2D eigenvalue weighted by molar-refractivity contribution is 5.72. The van der Waals surface area contributed by atoms with Crippen molar-refractivity contribution < 1.29 is 9.47 Å². The molecule has 1 aromatic heterocycles. The molecule has 0 unspecified atom stereocenters. The number of benzene rings is 2. The molecule has 0 aliphatic rings. The van der Waals surface area contributed by atoms with Crippen molar-refractivity contribution >= 4 is 0 Å². The third kappa shape index (κ3) is 3.11. The number of methoxy groups -OCH3 is 2. The van der Waals surface area contributed by atoms with Gasteiger partial charge in [0.25, 0.3) is 0 Å². The number of hydrogen-bond donors (Lipinski definition) is 1. The number of pyridine rings is 1. The van der Waals surface area contributed by atoms with Crippen LogP contribution in [0.25, 0.3) is 22.4 Å². The van der Waals surface area contributed by atoms with Crippen molar-refractivity contribution in [2.24, 2.45) is 0 Å². The fraction of sp³-hybridized carbons (Fsp3) is 0.105. The van der Waals surface area contributed by atoms with Crippen molar-refractivity contribution in [2.75, 3.05) is 14.2 Å². The summed E-state index contributed by atoms with van der Waals surface area (Å²) >= 11 is 0. The first-order valence-corrected chi connectivity index (χ1v) is 7.23. The maximum absolute atomic E-state index is 12.0. The molecule has 0 saturated heterocycles. The third-order valence-electron chi connectivity index (χ3n) is 3.65. The molecule has 0 bridgehead atoms. The zero-order chi connectivity index (χ0) is 16.2. The lowest BCUT2D eigenvalue weighted by Crippen LogP contribution is -2.05. The van der Waals surface area contributed by atoms with Gasteiger partial charge in [-0.3, -0.25) is 4.79 Å². The van der Waals surface area contributed by atoms with Gasteiger partial charge >= 0.3 is 0 Å². The van der Waals surface area contributed by atoms with Crippen LogP contribution in [0.3, 0.4) is 0 Å². The Bertz CT molecular complexity index is 869. The van der Waals surface area contributed by atoms with Crippen LogP contribution in [0.4, 0.5) is 0 Å². The average Bonchev–Trinajstić information content (AvgIpc) is 2.61. The van der Waals surface area contributed by atoms with E-state index in [1.165, 1.54) is 0 Å². The second-order valence-corrected chi connectivity index (χ2v) is 5.08. The lowest BCUT2D eigenvalue weighted by Gasteiger charge is -2.10. The first-order valence-electron chi connectivity index (χ1n) is 7.23. The molecule has 1 N–H and O–H groups in total. The van der Waals surface area contributed by atoms with E-state index < -0.39 is 0 Å². The molecule has 0 aliphatic carbocycles. The van der Waals surface area contributed by atoms with Crippen LogP contribution >= 0.6 is 0 Å². The van der Waals surface area contributed by atoms with Crippen LogP contribution in [-0.4, -0.2) is 19.2 Å². The summed E-state index contributed by atoms with van der Waals surface area (Å²) in [4.78, 5) is 14.9. The highest BCUT2D eigenvalue weighted by atomic mass is 16.5. The SMILES string of the molecule is COc1ccc(-c2cc(-c3ccccc3)[nH]c(=O)c2)cc1OC. The van der Waals surface area contributed by atoms with Gasteiger partial charge in [-0.1, -0.05) is 36.4 Å². The minimum absolute atomic E-state index is 0.142. The standard InChI is InChI=1S/C19H17NO3/c1-22-17-9-8-14(11-18(17)23-2)15-10-16(20-19(21)12-15)13-6-4-3-5-7-13/h3-12H,1-2H3,(H,20,21). The predicted octanol–water partition coefficient (Wildman–Crippen LogP) is 3.73. The van der Waals surface area contributed by atoms with Crippen LogP contribution in [0.1, 0.15) is 0 Å². The van der Waals surface area contributed by atoms with Crippen LogP contribution in [0.15, 0.2) is 65.5 Å². The Morgan fingerprint density at radius 3 is 2.17 bits per heavy atom. The molecule has 0 spiro atoms. The van der Waals surface area contributed by atoms with Gasteiger partial charge in [-0.15, -0.1) is 0 Å². The number of nitrogens with one attached hydrogen (secondary N) is 1. The van der Waals surface area contributed by atoms with Gasteiger partial charge in [0.1, 0.15) is 0 Å². The molecule has 3 rings (SSSR count). The first-order chi connectivity index (χ1) is 11.2. The molecule has 4 nitrogen and oxygen atoms in total. The van der Waals surface area contributed by atoms with Crippen LogP contribution in [0, 0.1) is 0 Å². The number of hydrogen-bond acceptors (Lipinski definition) is 3. The number of aromatic amines is 1. The lowest BCUT2D eigenvalue weighted by atomic mass is 10.0. The molecular formula is C19H17NO3. The molecule has 0 amide bonds. The Kier molecular flexibility index (Phi) is 4.15. The quantitative estimate of drug-likeness (QED) is 0.799. The number of ether oxygens (including phenoxy) is 2. The van der Waals surface area contributed by atoms with E-state index in [4.69, 9.17) is 9.47 Å². The van der Waals surface area contributed by atoms with E-state index in [9.17, 15) is 4.79 Å². The Hall–Kier alpha value is -3.01. The molecule has 0 radical (unpaired) electrons. The summed E-state index contributed by atoms with van der Waals surface area (Å²) in [6, 6.07) is 18.9. The van der Waals surface area contributed by atoms with Crippen LogP contribution in [0.2, 0.25) is 0 Å². The van der Waals surface area contributed by atoms with E-state index in [2.05, 4.69) is 4.98 Å². The van der Waals surface area contributed by atoms with Gasteiger partial charge in [0.05, 0.1) is 14.2 Å². The molecule has 0 aliphatic heterocycles. The highest BCUT2D eigenvalue weighted by Gasteiger charge is 2.08. The Morgan fingerprint density at radius 2 is 1.48 bits per heavy atom. The van der Waals surface area contributed by atoms with E-state index in [0.29, 0.717) is 11.5 Å². The van der Waals surface area contributed by atoms with Crippen LogP contribution in [-0.2, 0) is 0 Å². The fourth-order valence-electron chi connectivity index (χ4n) is 2.50. The molecule has 0 fully saturated rings. The van der Waals surface area contributed by atoms with E-state index >= 15 is 0 Å². The molecule has 0 atom stereocenters. The monoisotopic (exact) mass is 307 g/mol. The molecule has 4 heteroatoms. The predicted molar refractivity (Wildman–Crippen MR) is 91.0 cm³/mol. The molecule has 3 aromatic rings. The summed E-state index contributed by atoms with van der Waals surface area (Å²) in [6.07, 6.45) is 0. The van der Waals surface area contributed by atoms with Crippen molar-refractivity contribution in [3.8, 4) is 33.9 Å². The van der Waals surface area contributed by atoms with Gasteiger partial charge in [0.15, 0.2) is 11.5 Å². The minimum Gasteiger partial charge on any atom is -0.493 e. The maximum atomic E-state index is 12.0. The second-order valence-electron chi connectivity index (χ2n) is 5.08. The zero-order valence-corrected chi connectivity index (χ0v) is 13.0. The second kappa shape index (κ2) is 6.40. The topological polar surface area (TPSA) is 51.3 Å². The molecule has 0 saturated carbocycles. The number of H-pyrrole nitrogens is 1. The van der Waals surface area contributed by atoms with Gasteiger partial charge in [-0.25, -0.2) is 0 Å². The summed E-state index contributed by atoms with van der Waals surface area (Å²) in [5.74, 6) is 1.29. The number of rotatable bonds is 4. The summed E-state index contributed by atoms with van der Waals surface area (Å²) in [6.45, 7) is 0. The molecule has 116 valence electrons. The van der Waals surface area contributed by atoms with Crippen molar-refractivity contribution in [1.29, 1.82) is 0 Å². The first kappa shape index (κ1) is 14.9. The molecule has 23 heavy (non-hydrogen) atoms. The molecule has 1 heterocycles. The van der Waals surface area contributed by atoms with Gasteiger partial charge in [0.2, 0.25) is 5.56 Å². The van der Waals surface area contributed by atoms with Gasteiger partial charge < -0.3 is 14.5 Å². The van der Waals surface area contributed by atoms with Gasteiger partial charge in [0, 0.05) is 11.8 Å². The van der Waals surface area contributed by atoms with Crippen molar-refractivity contribution in [2.45, 2.75) is 0 Å². The third-order valence-corrected chi connectivity index (χ3v) is 3.65. The average molecular weight is 307 g/mol. The van der Waals surface area contributed by atoms with Gasteiger partial charge in [-0.05, 0) is 34.9 Å². The van der Waals surface area contributed by atoms with E-state index in [1.807, 2.05) is 54.6 Å². The van der Waals surface area contributed by atoms with Crippen molar-refractivity contribution in [1.82, 2.24) is 4.98 Å². The van der Waals surface area contributed by atoms with Crippen molar-refractivity contribution in [3.05, 3.63) is 71.0 Å².